The fourth-order valence-electron chi connectivity index (χ4n) is 2.65. The summed E-state index contributed by atoms with van der Waals surface area (Å²) in [4.78, 5) is 0. The maximum atomic E-state index is 9.44. The molecule has 0 unspecified atom stereocenters. The van der Waals surface area contributed by atoms with E-state index in [0.29, 0.717) is 12.3 Å². The summed E-state index contributed by atoms with van der Waals surface area (Å²) in [7, 11) is 3.21. The Morgan fingerprint density at radius 2 is 1.81 bits per heavy atom. The van der Waals surface area contributed by atoms with Crippen LogP contribution in [-0.2, 0) is 13.2 Å². The molecule has 2 N–H and O–H groups in total. The van der Waals surface area contributed by atoms with Crippen molar-refractivity contribution in [3.8, 4) is 23.4 Å². The smallest absolute Gasteiger partial charge is 0.253 e. The van der Waals surface area contributed by atoms with Gasteiger partial charge in [0.15, 0.2) is 5.56 Å². The predicted molar refractivity (Wildman–Crippen MR) is 101 cm³/mol. The van der Waals surface area contributed by atoms with E-state index >= 15 is 0 Å². The fourth-order valence-corrected chi connectivity index (χ4v) is 2.65. The Labute approximate surface area is 157 Å². The Morgan fingerprint density at radius 3 is 2.48 bits per heavy atom. The molecule has 0 radical (unpaired) electrons. The second kappa shape index (κ2) is 8.15. The molecule has 1 heterocycles. The molecule has 0 bridgehead atoms. The average Bonchev–Trinajstić information content (AvgIpc) is 3.01. The molecule has 2 aromatic carbocycles. The van der Waals surface area contributed by atoms with E-state index < -0.39 is 0 Å². The lowest BCUT2D eigenvalue weighted by Gasteiger charge is -2.08. The fraction of sp³-hybridized carbons (Fsp3) is 0.200. The Morgan fingerprint density at radius 1 is 1.07 bits per heavy atom. The zero-order valence-corrected chi connectivity index (χ0v) is 15.2. The number of hydrogen-bond donors (Lipinski definition) is 1. The molecular formula is C20H20N4O3. The van der Waals surface area contributed by atoms with E-state index in [-0.39, 0.29) is 23.9 Å². The van der Waals surface area contributed by atoms with E-state index in [1.165, 1.54) is 0 Å². The second-order valence-corrected chi connectivity index (χ2v) is 5.78. The summed E-state index contributed by atoms with van der Waals surface area (Å²) >= 11 is 0. The quantitative estimate of drug-likeness (QED) is 0.692. The van der Waals surface area contributed by atoms with Gasteiger partial charge in [-0.1, -0.05) is 30.3 Å². The highest BCUT2D eigenvalue weighted by molar-refractivity contribution is 5.55. The first-order valence-electron chi connectivity index (χ1n) is 8.30. The van der Waals surface area contributed by atoms with Gasteiger partial charge in [-0.2, -0.15) is 5.26 Å². The molecule has 0 fully saturated rings. The van der Waals surface area contributed by atoms with Gasteiger partial charge in [0.25, 0.3) is 5.88 Å². The van der Waals surface area contributed by atoms with E-state index in [9.17, 15) is 5.26 Å². The van der Waals surface area contributed by atoms with Crippen LogP contribution in [0.3, 0.4) is 0 Å². The number of nitrogens with two attached hydrogens (primary N) is 1. The lowest BCUT2D eigenvalue weighted by Crippen LogP contribution is -2.06. The van der Waals surface area contributed by atoms with Gasteiger partial charge < -0.3 is 19.9 Å². The maximum Gasteiger partial charge on any atom is 0.253 e. The van der Waals surface area contributed by atoms with Crippen LogP contribution in [0.4, 0.5) is 5.82 Å². The molecule has 138 valence electrons. The molecule has 0 aliphatic heterocycles. The molecule has 3 rings (SSSR count). The molecule has 0 amide bonds. The standard InChI is InChI=1S/C20H20N4O3/c1-25-16-9-7-14(8-10-16)12-24-19(22)17(11-21)20(23-24)27-13-15-5-3-4-6-18(15)26-2/h3-10H,12-13,22H2,1-2H3. The molecule has 0 atom stereocenters. The van der Waals surface area contributed by atoms with E-state index in [4.69, 9.17) is 19.9 Å². The number of ether oxygens (including phenoxy) is 3. The molecule has 0 aliphatic carbocycles. The van der Waals surface area contributed by atoms with Crippen LogP contribution in [0.5, 0.6) is 17.4 Å². The minimum atomic E-state index is 0.203. The number of rotatable bonds is 7. The molecule has 1 aromatic heterocycles. The lowest BCUT2D eigenvalue weighted by molar-refractivity contribution is 0.281. The number of methoxy groups -OCH3 is 2. The minimum Gasteiger partial charge on any atom is -0.497 e. The van der Waals surface area contributed by atoms with Crippen LogP contribution >= 0.6 is 0 Å². The summed E-state index contributed by atoms with van der Waals surface area (Å²) in [6.07, 6.45) is 0. The van der Waals surface area contributed by atoms with Crippen LogP contribution in [0.2, 0.25) is 0 Å². The zero-order valence-electron chi connectivity index (χ0n) is 15.2. The number of benzene rings is 2. The molecule has 0 spiro atoms. The second-order valence-electron chi connectivity index (χ2n) is 5.78. The summed E-state index contributed by atoms with van der Waals surface area (Å²) in [5.74, 6) is 1.95. The van der Waals surface area contributed by atoms with Crippen molar-refractivity contribution >= 4 is 5.82 Å². The SMILES string of the molecule is COc1ccc(Cn2nc(OCc3ccccc3OC)c(C#N)c2N)cc1. The first-order chi connectivity index (χ1) is 13.2. The summed E-state index contributed by atoms with van der Waals surface area (Å²) in [5.41, 5.74) is 8.14. The third-order valence-electron chi connectivity index (χ3n) is 4.12. The van der Waals surface area contributed by atoms with Crippen molar-refractivity contribution in [3.63, 3.8) is 0 Å². The van der Waals surface area contributed by atoms with Gasteiger partial charge in [-0.05, 0) is 23.8 Å². The first-order valence-corrected chi connectivity index (χ1v) is 8.30. The van der Waals surface area contributed by atoms with E-state index in [2.05, 4.69) is 11.2 Å². The number of nitrogen functional groups attached to an aromatic ring is 1. The minimum absolute atomic E-state index is 0.203. The number of hydrogen-bond acceptors (Lipinski definition) is 6. The van der Waals surface area contributed by atoms with Gasteiger partial charge in [-0.15, -0.1) is 5.10 Å². The van der Waals surface area contributed by atoms with Crippen molar-refractivity contribution in [2.24, 2.45) is 0 Å². The monoisotopic (exact) mass is 364 g/mol. The molecule has 7 nitrogen and oxygen atoms in total. The van der Waals surface area contributed by atoms with E-state index in [1.54, 1.807) is 18.9 Å². The van der Waals surface area contributed by atoms with E-state index in [1.807, 2.05) is 48.5 Å². The highest BCUT2D eigenvalue weighted by Crippen LogP contribution is 2.26. The molecule has 0 saturated heterocycles. The van der Waals surface area contributed by atoms with Crippen molar-refractivity contribution in [2.45, 2.75) is 13.2 Å². The van der Waals surface area contributed by atoms with Crippen LogP contribution in [-0.4, -0.2) is 24.0 Å². The van der Waals surface area contributed by atoms with E-state index in [0.717, 1.165) is 16.9 Å². The van der Waals surface area contributed by atoms with Crippen LogP contribution in [0.25, 0.3) is 0 Å². The third kappa shape index (κ3) is 3.96. The Bertz CT molecular complexity index is 958. The predicted octanol–water partition coefficient (Wildman–Crippen LogP) is 2.98. The Kier molecular flexibility index (Phi) is 5.47. The van der Waals surface area contributed by atoms with Gasteiger partial charge in [0.2, 0.25) is 0 Å². The normalized spacial score (nSPS) is 10.3. The van der Waals surface area contributed by atoms with Gasteiger partial charge in [0.05, 0.1) is 20.8 Å². The largest absolute Gasteiger partial charge is 0.497 e. The van der Waals surface area contributed by atoms with Gasteiger partial charge in [0, 0.05) is 5.56 Å². The topological polar surface area (TPSA) is 95.3 Å². The Balaban J connectivity index is 1.80. The van der Waals surface area contributed by atoms with Crippen molar-refractivity contribution in [3.05, 3.63) is 65.2 Å². The lowest BCUT2D eigenvalue weighted by atomic mass is 10.2. The van der Waals surface area contributed by atoms with Crippen LogP contribution in [0.1, 0.15) is 16.7 Å². The van der Waals surface area contributed by atoms with Gasteiger partial charge in [0.1, 0.15) is 30.0 Å². The highest BCUT2D eigenvalue weighted by Gasteiger charge is 2.17. The van der Waals surface area contributed by atoms with Crippen molar-refractivity contribution in [2.75, 3.05) is 20.0 Å². The van der Waals surface area contributed by atoms with Gasteiger partial charge in [-0.3, -0.25) is 0 Å². The number of anilines is 1. The van der Waals surface area contributed by atoms with Gasteiger partial charge in [-0.25, -0.2) is 4.68 Å². The summed E-state index contributed by atoms with van der Waals surface area (Å²) in [5, 5.41) is 13.8. The molecule has 7 heteroatoms. The van der Waals surface area contributed by atoms with Crippen LogP contribution in [0, 0.1) is 11.3 Å². The summed E-state index contributed by atoms with van der Waals surface area (Å²) in [6.45, 7) is 0.639. The summed E-state index contributed by atoms with van der Waals surface area (Å²) < 4.78 is 17.8. The number of nitrogens with zero attached hydrogens (tertiary/aromatic N) is 3. The maximum absolute atomic E-state index is 9.44. The number of aromatic nitrogens is 2. The summed E-state index contributed by atoms with van der Waals surface area (Å²) in [6, 6.07) is 17.1. The highest BCUT2D eigenvalue weighted by atomic mass is 16.5. The third-order valence-corrected chi connectivity index (χ3v) is 4.12. The number of para-hydroxylation sites is 1. The molecule has 0 saturated carbocycles. The van der Waals surface area contributed by atoms with Crippen molar-refractivity contribution in [1.29, 1.82) is 5.26 Å². The van der Waals surface area contributed by atoms with Crippen molar-refractivity contribution < 1.29 is 14.2 Å². The first kappa shape index (κ1) is 18.1. The zero-order chi connectivity index (χ0) is 19.2. The van der Waals surface area contributed by atoms with Crippen LogP contribution in [0.15, 0.2) is 48.5 Å². The number of nitriles is 1. The van der Waals surface area contributed by atoms with Crippen molar-refractivity contribution in [1.82, 2.24) is 9.78 Å². The molecule has 0 aliphatic rings. The molecule has 3 aromatic rings. The molecule has 27 heavy (non-hydrogen) atoms. The Hall–Kier alpha value is -3.66. The van der Waals surface area contributed by atoms with Crippen LogP contribution < -0.4 is 19.9 Å². The average molecular weight is 364 g/mol. The molecular weight excluding hydrogens is 344 g/mol. The van der Waals surface area contributed by atoms with Gasteiger partial charge >= 0.3 is 0 Å².